The van der Waals surface area contributed by atoms with Crippen molar-refractivity contribution in [2.75, 3.05) is 5.32 Å². The van der Waals surface area contributed by atoms with Crippen molar-refractivity contribution in [1.82, 2.24) is 23.7 Å². The maximum Gasteiger partial charge on any atom is 0.332 e. The minimum atomic E-state index is -0.530. The molecule has 2 aromatic carbocycles. The lowest BCUT2D eigenvalue weighted by atomic mass is 10.0. The van der Waals surface area contributed by atoms with Crippen LogP contribution in [0.3, 0.4) is 0 Å². The molecule has 0 aliphatic carbocycles. The number of amides is 1. The molecule has 10 nitrogen and oxygen atoms in total. The van der Waals surface area contributed by atoms with Crippen molar-refractivity contribution < 1.29 is 9.21 Å². The molecule has 0 saturated carbocycles. The van der Waals surface area contributed by atoms with Gasteiger partial charge in [0.2, 0.25) is 5.91 Å². The lowest BCUT2D eigenvalue weighted by Gasteiger charge is -2.06. The molecule has 10 heteroatoms. The second-order valence-electron chi connectivity index (χ2n) is 8.73. The third-order valence-corrected chi connectivity index (χ3v) is 6.04. The van der Waals surface area contributed by atoms with E-state index in [9.17, 15) is 14.4 Å². The van der Waals surface area contributed by atoms with Crippen molar-refractivity contribution in [1.29, 1.82) is 0 Å². The van der Waals surface area contributed by atoms with Crippen molar-refractivity contribution in [3.8, 4) is 22.6 Å². The first-order valence-corrected chi connectivity index (χ1v) is 11.3. The first-order valence-electron chi connectivity index (χ1n) is 11.3. The Morgan fingerprint density at radius 1 is 0.917 bits per heavy atom. The lowest BCUT2D eigenvalue weighted by Crippen LogP contribution is -2.37. The molecule has 3 heterocycles. The molecule has 0 unspecified atom stereocenters. The van der Waals surface area contributed by atoms with Gasteiger partial charge in [-0.15, -0.1) is 0 Å². The zero-order chi connectivity index (χ0) is 25.6. The van der Waals surface area contributed by atoms with E-state index >= 15 is 0 Å². The van der Waals surface area contributed by atoms with Crippen LogP contribution in [0.1, 0.15) is 11.1 Å². The molecule has 5 aromatic rings. The molecule has 0 aliphatic heterocycles. The average Bonchev–Trinajstić information content (AvgIpc) is 3.47. The Hall–Kier alpha value is -4.73. The predicted octanol–water partition coefficient (Wildman–Crippen LogP) is 3.01. The van der Waals surface area contributed by atoms with E-state index in [2.05, 4.69) is 15.3 Å². The van der Waals surface area contributed by atoms with Gasteiger partial charge in [0.1, 0.15) is 12.2 Å². The number of aromatic nitrogens is 5. The Labute approximate surface area is 205 Å². The Bertz CT molecular complexity index is 1660. The second-order valence-corrected chi connectivity index (χ2v) is 8.73. The van der Waals surface area contributed by atoms with Crippen LogP contribution in [-0.2, 0) is 25.4 Å². The number of oxazole rings is 1. The van der Waals surface area contributed by atoms with Crippen LogP contribution in [0, 0.1) is 13.8 Å². The topological polar surface area (TPSA) is 117 Å². The van der Waals surface area contributed by atoms with E-state index in [1.165, 1.54) is 29.6 Å². The van der Waals surface area contributed by atoms with Gasteiger partial charge in [0.15, 0.2) is 16.9 Å². The van der Waals surface area contributed by atoms with Crippen molar-refractivity contribution in [3.63, 3.8) is 0 Å². The summed E-state index contributed by atoms with van der Waals surface area (Å²) in [6, 6.07) is 15.8. The summed E-state index contributed by atoms with van der Waals surface area (Å²) in [6.45, 7) is 3.79. The van der Waals surface area contributed by atoms with E-state index in [-0.39, 0.29) is 23.7 Å². The van der Waals surface area contributed by atoms with Crippen molar-refractivity contribution in [3.05, 3.63) is 86.8 Å². The average molecular weight is 485 g/mol. The number of nitrogens with zero attached hydrogens (tertiary/aromatic N) is 5. The van der Waals surface area contributed by atoms with Gasteiger partial charge in [-0.3, -0.25) is 24.0 Å². The molecule has 182 valence electrons. The van der Waals surface area contributed by atoms with Crippen molar-refractivity contribution in [2.45, 2.75) is 20.4 Å². The van der Waals surface area contributed by atoms with Crippen LogP contribution >= 0.6 is 0 Å². The second kappa shape index (κ2) is 8.81. The summed E-state index contributed by atoms with van der Waals surface area (Å²) in [5, 5.41) is 2.69. The summed E-state index contributed by atoms with van der Waals surface area (Å²) in [5.41, 5.74) is 3.85. The van der Waals surface area contributed by atoms with Gasteiger partial charge in [0.25, 0.3) is 5.56 Å². The van der Waals surface area contributed by atoms with E-state index < -0.39 is 17.2 Å². The fourth-order valence-corrected chi connectivity index (χ4v) is 4.01. The number of rotatable bonds is 5. The van der Waals surface area contributed by atoms with Gasteiger partial charge in [0.05, 0.1) is 6.33 Å². The van der Waals surface area contributed by atoms with Gasteiger partial charge < -0.3 is 8.98 Å². The van der Waals surface area contributed by atoms with E-state index in [0.29, 0.717) is 11.5 Å². The van der Waals surface area contributed by atoms with Crippen molar-refractivity contribution >= 4 is 23.1 Å². The number of anilines is 1. The monoisotopic (exact) mass is 484 g/mol. The SMILES string of the molecule is Cc1ccc(-c2nc(NC(=O)Cn3cnc4c3c(=O)n(C)c(=O)n4C)oc2-c2ccc(C)cc2)cc1. The van der Waals surface area contributed by atoms with E-state index in [1.54, 1.807) is 0 Å². The summed E-state index contributed by atoms with van der Waals surface area (Å²) in [6.07, 6.45) is 1.36. The lowest BCUT2D eigenvalue weighted by molar-refractivity contribution is -0.116. The summed E-state index contributed by atoms with van der Waals surface area (Å²) in [5.74, 6) is 0.0727. The summed E-state index contributed by atoms with van der Waals surface area (Å²) in [4.78, 5) is 46.4. The number of carbonyl (C=O) groups is 1. The Morgan fingerprint density at radius 2 is 1.53 bits per heavy atom. The van der Waals surface area contributed by atoms with Crippen LogP contribution < -0.4 is 16.6 Å². The Morgan fingerprint density at radius 3 is 2.17 bits per heavy atom. The molecule has 0 saturated heterocycles. The number of benzene rings is 2. The van der Waals surface area contributed by atoms with Gasteiger partial charge >= 0.3 is 11.7 Å². The molecule has 0 radical (unpaired) electrons. The molecule has 0 spiro atoms. The molecule has 1 N–H and O–H groups in total. The molecular weight excluding hydrogens is 460 g/mol. The smallest absolute Gasteiger partial charge is 0.332 e. The number of imidazole rings is 1. The van der Waals surface area contributed by atoms with Crippen molar-refractivity contribution in [2.24, 2.45) is 14.1 Å². The van der Waals surface area contributed by atoms with Gasteiger partial charge in [-0.05, 0) is 13.8 Å². The summed E-state index contributed by atoms with van der Waals surface area (Å²) >= 11 is 0. The van der Waals surface area contributed by atoms with E-state index in [4.69, 9.17) is 4.42 Å². The molecule has 36 heavy (non-hydrogen) atoms. The van der Waals surface area contributed by atoms with Crippen LogP contribution in [0.4, 0.5) is 6.01 Å². The summed E-state index contributed by atoms with van der Waals surface area (Å²) < 4.78 is 9.65. The van der Waals surface area contributed by atoms with Crippen LogP contribution in [0.15, 0.2) is 68.9 Å². The van der Waals surface area contributed by atoms with Crippen LogP contribution in [0.5, 0.6) is 0 Å². The van der Waals surface area contributed by atoms with E-state index in [1.807, 2.05) is 62.4 Å². The fraction of sp³-hybridized carbons (Fsp3) is 0.192. The number of aryl methyl sites for hydroxylation is 3. The fourth-order valence-electron chi connectivity index (χ4n) is 4.01. The maximum absolute atomic E-state index is 12.9. The molecular formula is C26H24N6O4. The Balaban J connectivity index is 1.49. The number of hydrogen-bond acceptors (Lipinski definition) is 6. The zero-order valence-corrected chi connectivity index (χ0v) is 20.3. The Kier molecular flexibility index (Phi) is 5.63. The molecule has 5 rings (SSSR count). The van der Waals surface area contributed by atoms with E-state index in [0.717, 1.165) is 26.8 Å². The van der Waals surface area contributed by atoms with Gasteiger partial charge in [-0.1, -0.05) is 59.7 Å². The quantitative estimate of drug-likeness (QED) is 0.410. The standard InChI is InChI=1S/C26H24N6O4/c1-15-5-9-17(10-6-15)20-22(18-11-7-16(2)8-12-18)36-25(29-20)28-19(33)13-32-14-27-23-21(32)24(34)31(4)26(35)30(23)3/h5-12,14H,13H2,1-4H3,(H,28,29,33). The number of fused-ring (bicyclic) bond motifs is 1. The van der Waals surface area contributed by atoms with Gasteiger partial charge in [-0.25, -0.2) is 9.78 Å². The normalized spacial score (nSPS) is 11.2. The molecule has 0 aliphatic rings. The third kappa shape index (κ3) is 4.02. The van der Waals surface area contributed by atoms with Crippen LogP contribution in [0.2, 0.25) is 0 Å². The van der Waals surface area contributed by atoms with Crippen LogP contribution in [-0.4, -0.2) is 29.6 Å². The third-order valence-electron chi connectivity index (χ3n) is 6.04. The number of nitrogens with one attached hydrogen (secondary N) is 1. The minimum absolute atomic E-state index is 0.0378. The highest BCUT2D eigenvalue weighted by Crippen LogP contribution is 2.34. The van der Waals surface area contributed by atoms with Crippen LogP contribution in [0.25, 0.3) is 33.7 Å². The van der Waals surface area contributed by atoms with Gasteiger partial charge in [0, 0.05) is 25.2 Å². The first kappa shape index (κ1) is 23.0. The first-order chi connectivity index (χ1) is 17.2. The molecule has 1 amide bonds. The van der Waals surface area contributed by atoms with Gasteiger partial charge in [-0.2, -0.15) is 4.98 Å². The molecule has 0 fully saturated rings. The molecule has 0 bridgehead atoms. The summed E-state index contributed by atoms with van der Waals surface area (Å²) in [7, 11) is 2.90. The highest BCUT2D eigenvalue weighted by molar-refractivity contribution is 5.90. The molecule has 3 aromatic heterocycles. The maximum atomic E-state index is 12.9. The molecule has 0 atom stereocenters. The zero-order valence-electron chi connectivity index (χ0n) is 20.3. The highest BCUT2D eigenvalue weighted by Gasteiger charge is 2.20. The minimum Gasteiger partial charge on any atom is -0.423 e. The number of hydrogen-bond donors (Lipinski definition) is 1. The highest BCUT2D eigenvalue weighted by atomic mass is 16.4. The number of carbonyl (C=O) groups excluding carboxylic acids is 1. The largest absolute Gasteiger partial charge is 0.423 e. The predicted molar refractivity (Wildman–Crippen MR) is 136 cm³/mol.